The van der Waals surface area contributed by atoms with Crippen molar-refractivity contribution < 1.29 is 0 Å². The number of hydrogen-bond acceptors (Lipinski definition) is 5. The molecule has 0 atom stereocenters. The van der Waals surface area contributed by atoms with Gasteiger partial charge in [0.2, 0.25) is 0 Å². The first-order chi connectivity index (χ1) is 9.72. The Hall–Kier alpha value is -1.95. The number of tetrazole rings is 1. The molecular weight excluding hydrogens is 252 g/mol. The van der Waals surface area contributed by atoms with Gasteiger partial charge in [-0.25, -0.2) is 4.68 Å². The highest BCUT2D eigenvalue weighted by atomic mass is 15.5. The SMILES string of the molecule is Cc1ccc(NC2CCC(N)CC2)cc1-n1cnnn1. The summed E-state index contributed by atoms with van der Waals surface area (Å²) in [7, 11) is 0. The van der Waals surface area contributed by atoms with Crippen molar-refractivity contribution in [1.82, 2.24) is 20.2 Å². The van der Waals surface area contributed by atoms with Crippen LogP contribution in [0.4, 0.5) is 5.69 Å². The van der Waals surface area contributed by atoms with E-state index in [9.17, 15) is 0 Å². The summed E-state index contributed by atoms with van der Waals surface area (Å²) in [4.78, 5) is 0. The lowest BCUT2D eigenvalue weighted by atomic mass is 9.91. The number of nitrogens with zero attached hydrogens (tertiary/aromatic N) is 4. The van der Waals surface area contributed by atoms with Crippen molar-refractivity contribution in [2.24, 2.45) is 5.73 Å². The van der Waals surface area contributed by atoms with E-state index in [1.54, 1.807) is 11.0 Å². The number of aryl methyl sites for hydroxylation is 1. The lowest BCUT2D eigenvalue weighted by molar-refractivity contribution is 0.411. The third-order valence-corrected chi connectivity index (χ3v) is 3.95. The average molecular weight is 272 g/mol. The number of anilines is 1. The summed E-state index contributed by atoms with van der Waals surface area (Å²) in [6.45, 7) is 2.06. The van der Waals surface area contributed by atoms with Gasteiger partial charge in [0, 0.05) is 17.8 Å². The standard InChI is InChI=1S/C14H20N6/c1-10-2-5-13(8-14(10)20-9-16-18-19-20)17-12-6-3-11(15)4-7-12/h2,5,8-9,11-12,17H,3-4,6-7,15H2,1H3. The Morgan fingerprint density at radius 3 is 2.75 bits per heavy atom. The van der Waals surface area contributed by atoms with Crippen molar-refractivity contribution in [2.45, 2.75) is 44.7 Å². The summed E-state index contributed by atoms with van der Waals surface area (Å²) in [6, 6.07) is 7.19. The fraction of sp³-hybridized carbons (Fsp3) is 0.500. The molecule has 3 N–H and O–H groups in total. The van der Waals surface area contributed by atoms with Gasteiger partial charge in [-0.1, -0.05) is 6.07 Å². The fourth-order valence-electron chi connectivity index (χ4n) is 2.72. The second kappa shape index (κ2) is 5.58. The molecule has 0 radical (unpaired) electrons. The number of aromatic nitrogens is 4. The number of hydrogen-bond donors (Lipinski definition) is 2. The van der Waals surface area contributed by atoms with E-state index in [4.69, 9.17) is 5.73 Å². The molecule has 1 aliphatic carbocycles. The predicted octanol–water partition coefficient (Wildman–Crippen LogP) is 1.65. The van der Waals surface area contributed by atoms with Crippen LogP contribution in [0, 0.1) is 6.92 Å². The smallest absolute Gasteiger partial charge is 0.143 e. The fourth-order valence-corrected chi connectivity index (χ4v) is 2.72. The molecule has 6 nitrogen and oxygen atoms in total. The molecule has 106 valence electrons. The van der Waals surface area contributed by atoms with Gasteiger partial charge in [-0.3, -0.25) is 0 Å². The summed E-state index contributed by atoms with van der Waals surface area (Å²) in [5, 5.41) is 14.9. The number of nitrogens with one attached hydrogen (secondary N) is 1. The van der Waals surface area contributed by atoms with E-state index in [0.29, 0.717) is 12.1 Å². The molecule has 1 heterocycles. The van der Waals surface area contributed by atoms with E-state index >= 15 is 0 Å². The van der Waals surface area contributed by atoms with Gasteiger partial charge in [-0.2, -0.15) is 0 Å². The van der Waals surface area contributed by atoms with Crippen LogP contribution in [0.5, 0.6) is 0 Å². The van der Waals surface area contributed by atoms with Gasteiger partial charge in [-0.05, 0) is 60.7 Å². The van der Waals surface area contributed by atoms with Gasteiger partial charge in [0.25, 0.3) is 0 Å². The topological polar surface area (TPSA) is 81.6 Å². The van der Waals surface area contributed by atoms with Crippen molar-refractivity contribution >= 4 is 5.69 Å². The molecule has 20 heavy (non-hydrogen) atoms. The first kappa shape index (κ1) is 13.1. The van der Waals surface area contributed by atoms with E-state index in [0.717, 1.165) is 42.6 Å². The van der Waals surface area contributed by atoms with E-state index in [1.165, 1.54) is 0 Å². The molecule has 1 aliphatic rings. The Bertz CT molecular complexity index is 557. The molecule has 6 heteroatoms. The Balaban J connectivity index is 1.76. The normalized spacial score (nSPS) is 22.7. The highest BCUT2D eigenvalue weighted by Gasteiger charge is 2.18. The maximum atomic E-state index is 5.95. The lowest BCUT2D eigenvalue weighted by Gasteiger charge is -2.27. The number of nitrogens with two attached hydrogens (primary N) is 1. The molecule has 0 aliphatic heterocycles. The average Bonchev–Trinajstić information content (AvgIpc) is 2.97. The molecule has 3 rings (SSSR count). The van der Waals surface area contributed by atoms with Gasteiger partial charge < -0.3 is 11.1 Å². The van der Waals surface area contributed by atoms with Gasteiger partial charge in [0.05, 0.1) is 5.69 Å². The largest absolute Gasteiger partial charge is 0.382 e. The first-order valence-corrected chi connectivity index (χ1v) is 7.08. The highest BCUT2D eigenvalue weighted by Crippen LogP contribution is 2.23. The zero-order chi connectivity index (χ0) is 13.9. The molecule has 1 aromatic carbocycles. The minimum absolute atomic E-state index is 0.378. The lowest BCUT2D eigenvalue weighted by Crippen LogP contribution is -2.32. The maximum absolute atomic E-state index is 5.95. The summed E-state index contributed by atoms with van der Waals surface area (Å²) in [5.74, 6) is 0. The molecule has 1 fully saturated rings. The zero-order valence-electron chi connectivity index (χ0n) is 11.7. The van der Waals surface area contributed by atoms with Crippen LogP contribution in [0.25, 0.3) is 5.69 Å². The second-order valence-corrected chi connectivity index (χ2v) is 5.51. The Morgan fingerprint density at radius 2 is 2.05 bits per heavy atom. The molecule has 0 spiro atoms. The summed E-state index contributed by atoms with van der Waals surface area (Å²) < 4.78 is 1.69. The third kappa shape index (κ3) is 2.80. The van der Waals surface area contributed by atoms with Crippen LogP contribution >= 0.6 is 0 Å². The van der Waals surface area contributed by atoms with Crippen molar-refractivity contribution in [3.05, 3.63) is 30.1 Å². The Labute approximate surface area is 118 Å². The number of rotatable bonds is 3. The van der Waals surface area contributed by atoms with Crippen LogP contribution in [0.1, 0.15) is 31.2 Å². The monoisotopic (exact) mass is 272 g/mol. The van der Waals surface area contributed by atoms with Crippen LogP contribution in [0.2, 0.25) is 0 Å². The minimum Gasteiger partial charge on any atom is -0.382 e. The molecule has 0 bridgehead atoms. The zero-order valence-corrected chi connectivity index (χ0v) is 11.7. The maximum Gasteiger partial charge on any atom is 0.143 e. The van der Waals surface area contributed by atoms with E-state index in [2.05, 4.69) is 46.0 Å². The van der Waals surface area contributed by atoms with Gasteiger partial charge in [0.15, 0.2) is 0 Å². The van der Waals surface area contributed by atoms with Crippen molar-refractivity contribution in [3.8, 4) is 5.69 Å². The highest BCUT2D eigenvalue weighted by molar-refractivity contribution is 5.55. The van der Waals surface area contributed by atoms with E-state index in [-0.39, 0.29) is 0 Å². The summed E-state index contributed by atoms with van der Waals surface area (Å²) in [5.41, 5.74) is 9.21. The predicted molar refractivity (Wildman–Crippen MR) is 77.7 cm³/mol. The van der Waals surface area contributed by atoms with Crippen LogP contribution < -0.4 is 11.1 Å². The van der Waals surface area contributed by atoms with Crippen molar-refractivity contribution in [2.75, 3.05) is 5.32 Å². The Kier molecular flexibility index (Phi) is 3.64. The van der Waals surface area contributed by atoms with Gasteiger partial charge >= 0.3 is 0 Å². The molecule has 0 amide bonds. The van der Waals surface area contributed by atoms with E-state index < -0.39 is 0 Å². The molecule has 2 aromatic rings. The Morgan fingerprint density at radius 1 is 1.25 bits per heavy atom. The quantitative estimate of drug-likeness (QED) is 0.888. The molecule has 1 aromatic heterocycles. The first-order valence-electron chi connectivity index (χ1n) is 7.08. The molecule has 0 saturated heterocycles. The molecule has 0 unspecified atom stereocenters. The van der Waals surface area contributed by atoms with E-state index in [1.807, 2.05) is 0 Å². The van der Waals surface area contributed by atoms with Crippen molar-refractivity contribution in [3.63, 3.8) is 0 Å². The second-order valence-electron chi connectivity index (χ2n) is 5.51. The van der Waals surface area contributed by atoms with Crippen LogP contribution in [-0.2, 0) is 0 Å². The molecular formula is C14H20N6. The van der Waals surface area contributed by atoms with Crippen molar-refractivity contribution in [1.29, 1.82) is 0 Å². The summed E-state index contributed by atoms with van der Waals surface area (Å²) >= 11 is 0. The number of benzene rings is 1. The van der Waals surface area contributed by atoms with Crippen LogP contribution in [-0.4, -0.2) is 32.3 Å². The van der Waals surface area contributed by atoms with Gasteiger partial charge in [-0.15, -0.1) is 5.10 Å². The van der Waals surface area contributed by atoms with Crippen LogP contribution in [0.15, 0.2) is 24.5 Å². The van der Waals surface area contributed by atoms with Crippen LogP contribution in [0.3, 0.4) is 0 Å². The summed E-state index contributed by atoms with van der Waals surface area (Å²) in [6.07, 6.45) is 6.09. The third-order valence-electron chi connectivity index (χ3n) is 3.95. The van der Waals surface area contributed by atoms with Gasteiger partial charge in [0.1, 0.15) is 6.33 Å². The minimum atomic E-state index is 0.378. The molecule has 1 saturated carbocycles.